The zero-order valence-electron chi connectivity index (χ0n) is 10.5. The van der Waals surface area contributed by atoms with Crippen LogP contribution in [0.1, 0.15) is 30.9 Å². The normalized spacial score (nSPS) is 12.5. The molecule has 0 aliphatic rings. The molecular formula is C14H20FNO. The lowest BCUT2D eigenvalue weighted by Crippen LogP contribution is -2.25. The standard InChI is InChI=1S/C14H20FNO/c1-3-4-11(9-16)14(17)8-12-7-13(15)6-5-10(12)2/h5-7,11H,3-4,8-9,16H2,1-2H3. The highest BCUT2D eigenvalue weighted by molar-refractivity contribution is 5.83. The Labute approximate surface area is 102 Å². The maximum atomic E-state index is 13.1. The van der Waals surface area contributed by atoms with Gasteiger partial charge in [0.2, 0.25) is 0 Å². The van der Waals surface area contributed by atoms with Gasteiger partial charge in [0.25, 0.3) is 0 Å². The molecule has 94 valence electrons. The molecule has 0 fully saturated rings. The number of carbonyl (C=O) groups excluding carboxylic acids is 1. The van der Waals surface area contributed by atoms with E-state index in [-0.39, 0.29) is 23.9 Å². The fourth-order valence-electron chi connectivity index (χ4n) is 1.92. The lowest BCUT2D eigenvalue weighted by Gasteiger charge is -2.13. The van der Waals surface area contributed by atoms with Crippen molar-refractivity contribution >= 4 is 5.78 Å². The average Bonchev–Trinajstić information content (AvgIpc) is 2.30. The SMILES string of the molecule is CCCC(CN)C(=O)Cc1cc(F)ccc1C. The molecule has 1 rings (SSSR count). The predicted octanol–water partition coefficient (Wildman–Crippen LogP) is 2.62. The second kappa shape index (κ2) is 6.50. The summed E-state index contributed by atoms with van der Waals surface area (Å²) >= 11 is 0. The minimum absolute atomic E-state index is 0.0948. The van der Waals surface area contributed by atoms with Crippen LogP contribution in [0.25, 0.3) is 0 Å². The van der Waals surface area contributed by atoms with Crippen molar-refractivity contribution in [3.63, 3.8) is 0 Å². The van der Waals surface area contributed by atoms with Gasteiger partial charge in [0.05, 0.1) is 0 Å². The van der Waals surface area contributed by atoms with Crippen molar-refractivity contribution < 1.29 is 9.18 Å². The number of aryl methyl sites for hydroxylation is 1. The quantitative estimate of drug-likeness (QED) is 0.826. The number of hydrogen-bond acceptors (Lipinski definition) is 2. The molecule has 0 aromatic heterocycles. The third kappa shape index (κ3) is 3.93. The summed E-state index contributed by atoms with van der Waals surface area (Å²) in [6.07, 6.45) is 2.03. The molecule has 1 unspecified atom stereocenters. The third-order valence-corrected chi connectivity index (χ3v) is 3.05. The Hall–Kier alpha value is -1.22. The van der Waals surface area contributed by atoms with E-state index in [0.29, 0.717) is 6.54 Å². The Morgan fingerprint density at radius 2 is 2.18 bits per heavy atom. The summed E-state index contributed by atoms with van der Waals surface area (Å²) in [5.41, 5.74) is 7.31. The summed E-state index contributed by atoms with van der Waals surface area (Å²) < 4.78 is 13.1. The van der Waals surface area contributed by atoms with Gasteiger partial charge in [-0.2, -0.15) is 0 Å². The van der Waals surface area contributed by atoms with Crippen molar-refractivity contribution in [1.29, 1.82) is 0 Å². The van der Waals surface area contributed by atoms with E-state index in [4.69, 9.17) is 5.73 Å². The number of rotatable bonds is 6. The van der Waals surface area contributed by atoms with Crippen LogP contribution in [0.4, 0.5) is 4.39 Å². The van der Waals surface area contributed by atoms with Gasteiger partial charge in [-0.3, -0.25) is 4.79 Å². The van der Waals surface area contributed by atoms with Crippen LogP contribution in [0.3, 0.4) is 0 Å². The molecule has 2 N–H and O–H groups in total. The average molecular weight is 237 g/mol. The number of carbonyl (C=O) groups is 1. The summed E-state index contributed by atoms with van der Waals surface area (Å²) in [5, 5.41) is 0. The van der Waals surface area contributed by atoms with Gasteiger partial charge >= 0.3 is 0 Å². The molecule has 0 aliphatic carbocycles. The van der Waals surface area contributed by atoms with Gasteiger partial charge in [-0.05, 0) is 36.6 Å². The number of halogens is 1. The molecule has 0 saturated carbocycles. The van der Waals surface area contributed by atoms with Crippen LogP contribution in [-0.4, -0.2) is 12.3 Å². The van der Waals surface area contributed by atoms with E-state index in [2.05, 4.69) is 0 Å². The highest BCUT2D eigenvalue weighted by Gasteiger charge is 2.17. The van der Waals surface area contributed by atoms with Crippen molar-refractivity contribution in [2.75, 3.05) is 6.54 Å². The van der Waals surface area contributed by atoms with E-state index in [1.54, 1.807) is 6.07 Å². The van der Waals surface area contributed by atoms with Gasteiger partial charge in [-0.15, -0.1) is 0 Å². The molecule has 1 aromatic rings. The Morgan fingerprint density at radius 3 is 2.76 bits per heavy atom. The fraction of sp³-hybridized carbons (Fsp3) is 0.500. The molecular weight excluding hydrogens is 217 g/mol. The Bertz CT molecular complexity index is 390. The second-order valence-corrected chi connectivity index (χ2v) is 4.44. The van der Waals surface area contributed by atoms with Crippen LogP contribution < -0.4 is 5.73 Å². The number of hydrogen-bond donors (Lipinski definition) is 1. The number of benzene rings is 1. The summed E-state index contributed by atoms with van der Waals surface area (Å²) in [6, 6.07) is 4.55. The first kappa shape index (κ1) is 13.8. The molecule has 0 amide bonds. The molecule has 0 heterocycles. The van der Waals surface area contributed by atoms with Crippen LogP contribution in [0, 0.1) is 18.7 Å². The van der Waals surface area contributed by atoms with Crippen LogP contribution >= 0.6 is 0 Å². The Morgan fingerprint density at radius 1 is 1.47 bits per heavy atom. The van der Waals surface area contributed by atoms with Crippen LogP contribution in [-0.2, 0) is 11.2 Å². The Balaban J connectivity index is 2.76. The second-order valence-electron chi connectivity index (χ2n) is 4.44. The summed E-state index contributed by atoms with van der Waals surface area (Å²) in [5.74, 6) is -0.274. The van der Waals surface area contributed by atoms with Crippen molar-refractivity contribution in [3.8, 4) is 0 Å². The van der Waals surface area contributed by atoms with E-state index in [0.717, 1.165) is 24.0 Å². The molecule has 2 nitrogen and oxygen atoms in total. The number of Topliss-reactive ketones (excluding diaryl/α,β-unsaturated/α-hetero) is 1. The van der Waals surface area contributed by atoms with Crippen molar-refractivity contribution in [2.24, 2.45) is 11.7 Å². The van der Waals surface area contributed by atoms with E-state index >= 15 is 0 Å². The molecule has 1 aromatic carbocycles. The van der Waals surface area contributed by atoms with E-state index in [1.807, 2.05) is 13.8 Å². The topological polar surface area (TPSA) is 43.1 Å². The molecule has 3 heteroatoms. The number of nitrogens with two attached hydrogens (primary N) is 1. The molecule has 0 spiro atoms. The van der Waals surface area contributed by atoms with Crippen LogP contribution in [0.2, 0.25) is 0 Å². The predicted molar refractivity (Wildman–Crippen MR) is 67.3 cm³/mol. The van der Waals surface area contributed by atoms with Crippen LogP contribution in [0.15, 0.2) is 18.2 Å². The molecule has 0 bridgehead atoms. The molecule has 0 radical (unpaired) electrons. The minimum Gasteiger partial charge on any atom is -0.330 e. The maximum absolute atomic E-state index is 13.1. The number of ketones is 1. The first-order valence-electron chi connectivity index (χ1n) is 6.06. The highest BCUT2D eigenvalue weighted by atomic mass is 19.1. The third-order valence-electron chi connectivity index (χ3n) is 3.05. The summed E-state index contributed by atoms with van der Waals surface area (Å²) in [4.78, 5) is 12.0. The van der Waals surface area contributed by atoms with Gasteiger partial charge in [0.1, 0.15) is 11.6 Å². The van der Waals surface area contributed by atoms with E-state index in [9.17, 15) is 9.18 Å². The smallest absolute Gasteiger partial charge is 0.141 e. The maximum Gasteiger partial charge on any atom is 0.141 e. The summed E-state index contributed by atoms with van der Waals surface area (Å²) in [7, 11) is 0. The zero-order valence-corrected chi connectivity index (χ0v) is 10.5. The summed E-state index contributed by atoms with van der Waals surface area (Å²) in [6.45, 7) is 4.30. The lowest BCUT2D eigenvalue weighted by molar-refractivity contribution is -0.122. The van der Waals surface area contributed by atoms with E-state index < -0.39 is 0 Å². The van der Waals surface area contributed by atoms with Crippen LogP contribution in [0.5, 0.6) is 0 Å². The Kier molecular flexibility index (Phi) is 5.29. The molecule has 0 aliphatic heterocycles. The minimum atomic E-state index is -0.293. The first-order valence-corrected chi connectivity index (χ1v) is 6.06. The molecule has 17 heavy (non-hydrogen) atoms. The van der Waals surface area contributed by atoms with Gasteiger partial charge < -0.3 is 5.73 Å². The van der Waals surface area contributed by atoms with Gasteiger partial charge in [-0.25, -0.2) is 4.39 Å². The fourth-order valence-corrected chi connectivity index (χ4v) is 1.92. The molecule has 1 atom stereocenters. The zero-order chi connectivity index (χ0) is 12.8. The van der Waals surface area contributed by atoms with Gasteiger partial charge in [0.15, 0.2) is 0 Å². The largest absolute Gasteiger partial charge is 0.330 e. The lowest BCUT2D eigenvalue weighted by atomic mass is 9.92. The van der Waals surface area contributed by atoms with E-state index in [1.165, 1.54) is 12.1 Å². The first-order chi connectivity index (χ1) is 8.08. The molecule has 0 saturated heterocycles. The monoisotopic (exact) mass is 237 g/mol. The van der Waals surface area contributed by atoms with Crippen molar-refractivity contribution in [1.82, 2.24) is 0 Å². The van der Waals surface area contributed by atoms with Gasteiger partial charge in [0, 0.05) is 18.9 Å². The van der Waals surface area contributed by atoms with Crippen molar-refractivity contribution in [2.45, 2.75) is 33.1 Å². The highest BCUT2D eigenvalue weighted by Crippen LogP contribution is 2.15. The van der Waals surface area contributed by atoms with Gasteiger partial charge in [-0.1, -0.05) is 19.4 Å². The van der Waals surface area contributed by atoms with Crippen molar-refractivity contribution in [3.05, 3.63) is 35.1 Å².